The van der Waals surface area contributed by atoms with Crippen LogP contribution in [-0.4, -0.2) is 15.9 Å². The summed E-state index contributed by atoms with van der Waals surface area (Å²) in [4.78, 5) is 13.7. The lowest BCUT2D eigenvalue weighted by atomic mass is 9.82. The molecule has 1 aromatic heterocycles. The first-order valence-electron chi connectivity index (χ1n) is 5.38. The molecule has 4 nitrogen and oxygen atoms in total. The molecule has 0 spiro atoms. The van der Waals surface area contributed by atoms with Gasteiger partial charge in [0.15, 0.2) is 0 Å². The van der Waals surface area contributed by atoms with E-state index in [-0.39, 0.29) is 10.3 Å². The van der Waals surface area contributed by atoms with Gasteiger partial charge < -0.3 is 5.73 Å². The highest BCUT2D eigenvalue weighted by Gasteiger charge is 2.37. The summed E-state index contributed by atoms with van der Waals surface area (Å²) in [5, 5.41) is 0. The van der Waals surface area contributed by atoms with Crippen molar-refractivity contribution in [2.24, 2.45) is 17.1 Å². The van der Waals surface area contributed by atoms with E-state index < -0.39 is 0 Å². The fourth-order valence-corrected chi connectivity index (χ4v) is 3.07. The topological polar surface area (TPSA) is 71.8 Å². The third-order valence-corrected chi connectivity index (χ3v) is 3.99. The minimum absolute atomic E-state index is 0.0665. The summed E-state index contributed by atoms with van der Waals surface area (Å²) >= 11 is 0.996. The van der Waals surface area contributed by atoms with Crippen molar-refractivity contribution in [1.29, 1.82) is 0 Å². The van der Waals surface area contributed by atoms with Gasteiger partial charge in [0.05, 0.1) is 0 Å². The first-order valence-corrected chi connectivity index (χ1v) is 6.16. The number of rotatable bonds is 3. The normalized spacial score (nSPS) is 30.9. The van der Waals surface area contributed by atoms with Crippen molar-refractivity contribution in [2.75, 3.05) is 6.54 Å². The molecule has 0 aliphatic heterocycles. The van der Waals surface area contributed by atoms with Crippen LogP contribution in [0, 0.1) is 11.3 Å². The zero-order valence-electron chi connectivity index (χ0n) is 8.95. The predicted octanol–water partition coefficient (Wildman–Crippen LogP) is 1.14. The zero-order valence-corrected chi connectivity index (χ0v) is 9.77. The Balaban J connectivity index is 2.11. The van der Waals surface area contributed by atoms with Crippen LogP contribution in [0.1, 0.15) is 32.0 Å². The van der Waals surface area contributed by atoms with Crippen LogP contribution in [0.3, 0.4) is 0 Å². The average molecular weight is 227 g/mol. The van der Waals surface area contributed by atoms with E-state index in [4.69, 9.17) is 5.73 Å². The van der Waals surface area contributed by atoms with E-state index in [9.17, 15) is 4.79 Å². The lowest BCUT2D eigenvalue weighted by molar-refractivity contribution is 0.290. The third kappa shape index (κ3) is 2.29. The molecule has 2 atom stereocenters. The predicted molar refractivity (Wildman–Crippen MR) is 60.9 cm³/mol. The molecule has 0 aromatic carbocycles. The van der Waals surface area contributed by atoms with E-state index in [2.05, 4.69) is 16.3 Å². The van der Waals surface area contributed by atoms with Gasteiger partial charge in [0.1, 0.15) is 5.82 Å². The minimum atomic E-state index is -0.0665. The number of nitrogens with one attached hydrogen (secondary N) is 1. The van der Waals surface area contributed by atoms with Crippen molar-refractivity contribution < 1.29 is 0 Å². The van der Waals surface area contributed by atoms with E-state index >= 15 is 0 Å². The number of hydrogen-bond acceptors (Lipinski definition) is 4. The van der Waals surface area contributed by atoms with Gasteiger partial charge in [-0.05, 0) is 30.7 Å². The molecular formula is C10H17N3OS. The van der Waals surface area contributed by atoms with Gasteiger partial charge in [-0.25, -0.2) is 0 Å². The highest BCUT2D eigenvalue weighted by atomic mass is 32.1. The van der Waals surface area contributed by atoms with Gasteiger partial charge in [0.2, 0.25) is 0 Å². The molecule has 3 N–H and O–H groups in total. The maximum Gasteiger partial charge on any atom is 0.323 e. The van der Waals surface area contributed by atoms with Gasteiger partial charge in [0, 0.05) is 18.0 Å². The van der Waals surface area contributed by atoms with Crippen molar-refractivity contribution in [2.45, 2.75) is 32.6 Å². The molecule has 1 aliphatic rings. The van der Waals surface area contributed by atoms with Gasteiger partial charge >= 0.3 is 4.87 Å². The highest BCUT2D eigenvalue weighted by Crippen LogP contribution is 2.42. The molecule has 2 rings (SSSR count). The van der Waals surface area contributed by atoms with Gasteiger partial charge in [-0.15, -0.1) is 0 Å². The van der Waals surface area contributed by atoms with Crippen LogP contribution < -0.4 is 10.6 Å². The van der Waals surface area contributed by atoms with Crippen molar-refractivity contribution in [3.8, 4) is 0 Å². The maximum absolute atomic E-state index is 11.0. The molecule has 1 aliphatic carbocycles. The second kappa shape index (κ2) is 4.06. The summed E-state index contributed by atoms with van der Waals surface area (Å²) in [6, 6.07) is 0. The first-order chi connectivity index (χ1) is 7.13. The minimum Gasteiger partial charge on any atom is -0.330 e. The Morgan fingerprint density at radius 2 is 2.53 bits per heavy atom. The molecule has 0 amide bonds. The second-order valence-corrected chi connectivity index (χ2v) is 5.51. The maximum atomic E-state index is 11.0. The smallest absolute Gasteiger partial charge is 0.323 e. The van der Waals surface area contributed by atoms with Gasteiger partial charge in [-0.1, -0.05) is 13.3 Å². The number of aromatic nitrogens is 2. The van der Waals surface area contributed by atoms with E-state index in [1.54, 1.807) is 0 Å². The lowest BCUT2D eigenvalue weighted by Gasteiger charge is -2.26. The second-order valence-electron chi connectivity index (χ2n) is 4.77. The molecule has 1 heterocycles. The Hall–Kier alpha value is -0.680. The molecule has 0 unspecified atom stereocenters. The summed E-state index contributed by atoms with van der Waals surface area (Å²) in [6.07, 6.45) is 4.38. The van der Waals surface area contributed by atoms with Crippen LogP contribution in [0.25, 0.3) is 0 Å². The summed E-state index contributed by atoms with van der Waals surface area (Å²) in [5.74, 6) is 1.56. The van der Waals surface area contributed by atoms with E-state index in [1.807, 2.05) is 0 Å². The number of hydrogen-bond donors (Lipinski definition) is 2. The molecule has 15 heavy (non-hydrogen) atoms. The van der Waals surface area contributed by atoms with E-state index in [0.29, 0.717) is 6.54 Å². The highest BCUT2D eigenvalue weighted by molar-refractivity contribution is 7.02. The first kappa shape index (κ1) is 10.8. The van der Waals surface area contributed by atoms with Gasteiger partial charge in [-0.2, -0.15) is 4.37 Å². The quantitative estimate of drug-likeness (QED) is 0.813. The number of nitrogens with two attached hydrogens (primary N) is 1. The molecule has 0 saturated heterocycles. The molecule has 1 fully saturated rings. The average Bonchev–Trinajstić information content (AvgIpc) is 2.75. The summed E-state index contributed by atoms with van der Waals surface area (Å²) in [5.41, 5.74) is 6.05. The Kier molecular flexibility index (Phi) is 2.93. The van der Waals surface area contributed by atoms with E-state index in [1.165, 1.54) is 6.42 Å². The van der Waals surface area contributed by atoms with Crippen LogP contribution in [0.5, 0.6) is 0 Å². The van der Waals surface area contributed by atoms with Crippen molar-refractivity contribution >= 4 is 11.5 Å². The fourth-order valence-electron chi connectivity index (χ4n) is 2.61. The SMILES string of the molecule is C[C@@H]1CC[C@@](CN)(Cc2nsc(=O)[nH]2)C1. The Morgan fingerprint density at radius 3 is 3.00 bits per heavy atom. The van der Waals surface area contributed by atoms with E-state index in [0.717, 1.165) is 42.5 Å². The standard InChI is InChI=1S/C10H17N3OS/c1-7-2-3-10(4-7,6-11)5-8-12-9(14)15-13-8/h7H,2-6,11H2,1H3,(H,12,13,14)/t7-,10+/m1/s1. The monoisotopic (exact) mass is 227 g/mol. The third-order valence-electron chi connectivity index (χ3n) is 3.41. The number of aromatic amines is 1. The Labute approximate surface area is 93.1 Å². The van der Waals surface area contributed by atoms with Crippen LogP contribution in [0.15, 0.2) is 4.79 Å². The van der Waals surface area contributed by atoms with Crippen LogP contribution in [0.2, 0.25) is 0 Å². The number of H-pyrrole nitrogens is 1. The van der Waals surface area contributed by atoms with Gasteiger partial charge in [-0.3, -0.25) is 9.78 Å². The Morgan fingerprint density at radius 1 is 1.73 bits per heavy atom. The van der Waals surface area contributed by atoms with Crippen molar-refractivity contribution in [3.05, 3.63) is 15.5 Å². The Bertz CT molecular complexity index is 386. The fraction of sp³-hybridized carbons (Fsp3) is 0.800. The molecule has 84 valence electrons. The summed E-state index contributed by atoms with van der Waals surface area (Å²) < 4.78 is 4.12. The molecule has 0 radical (unpaired) electrons. The largest absolute Gasteiger partial charge is 0.330 e. The van der Waals surface area contributed by atoms with Crippen molar-refractivity contribution in [3.63, 3.8) is 0 Å². The molecular weight excluding hydrogens is 210 g/mol. The van der Waals surface area contributed by atoms with Gasteiger partial charge in [0.25, 0.3) is 0 Å². The zero-order chi connectivity index (χ0) is 10.9. The molecule has 1 aromatic rings. The molecule has 5 heteroatoms. The number of nitrogens with zero attached hydrogens (tertiary/aromatic N) is 1. The molecule has 1 saturated carbocycles. The lowest BCUT2D eigenvalue weighted by Crippen LogP contribution is -2.30. The van der Waals surface area contributed by atoms with Crippen LogP contribution in [-0.2, 0) is 6.42 Å². The van der Waals surface area contributed by atoms with Crippen molar-refractivity contribution in [1.82, 2.24) is 9.36 Å². The summed E-state index contributed by atoms with van der Waals surface area (Å²) in [7, 11) is 0. The van der Waals surface area contributed by atoms with Crippen LogP contribution >= 0.6 is 11.5 Å². The van der Waals surface area contributed by atoms with Crippen LogP contribution in [0.4, 0.5) is 0 Å². The summed E-state index contributed by atoms with van der Waals surface area (Å²) in [6.45, 7) is 2.96. The molecule has 0 bridgehead atoms.